The summed E-state index contributed by atoms with van der Waals surface area (Å²) in [6.45, 7) is 0.167. The second kappa shape index (κ2) is 8.72. The molecule has 2 heterocycles. The number of nitrogens with zero attached hydrogens (tertiary/aromatic N) is 1. The summed E-state index contributed by atoms with van der Waals surface area (Å²) in [5.41, 5.74) is 7.01. The molecule has 4 atom stereocenters. The molecule has 176 valence electrons. The number of nitrogens with two attached hydrogens (primary N) is 1. The van der Waals surface area contributed by atoms with E-state index in [-0.39, 0.29) is 48.1 Å². The first-order chi connectivity index (χ1) is 15.8. The predicted octanol–water partition coefficient (Wildman–Crippen LogP) is 2.19. The van der Waals surface area contributed by atoms with Crippen molar-refractivity contribution in [2.45, 2.75) is 62.0 Å². The minimum absolute atomic E-state index is 0.00947. The molecule has 0 bridgehead atoms. The second-order valence-electron chi connectivity index (χ2n) is 9.65. The Labute approximate surface area is 197 Å². The third-order valence-electron chi connectivity index (χ3n) is 7.41. The van der Waals surface area contributed by atoms with Gasteiger partial charge in [0, 0.05) is 23.7 Å². The van der Waals surface area contributed by atoms with E-state index in [4.69, 9.17) is 22.1 Å². The Morgan fingerprint density at radius 2 is 1.88 bits per heavy atom. The summed E-state index contributed by atoms with van der Waals surface area (Å²) in [4.78, 5) is 52.7. The van der Waals surface area contributed by atoms with Crippen molar-refractivity contribution in [3.63, 3.8) is 0 Å². The largest absolute Gasteiger partial charge is 0.366 e. The molecule has 8 nitrogen and oxygen atoms in total. The summed E-state index contributed by atoms with van der Waals surface area (Å²) in [6.07, 6.45) is 4.89. The molecule has 1 aromatic carbocycles. The quantitative estimate of drug-likeness (QED) is 0.614. The van der Waals surface area contributed by atoms with Gasteiger partial charge in [-0.2, -0.15) is 0 Å². The highest BCUT2D eigenvalue weighted by Crippen LogP contribution is 2.43. The van der Waals surface area contributed by atoms with Gasteiger partial charge in [-0.25, -0.2) is 0 Å². The molecule has 0 unspecified atom stereocenters. The minimum Gasteiger partial charge on any atom is -0.366 e. The summed E-state index contributed by atoms with van der Waals surface area (Å²) < 4.78 is 5.55. The number of alkyl halides is 1. The number of fused-ring (bicyclic) bond motifs is 1. The average Bonchev–Trinajstić information content (AvgIpc) is 3.20. The zero-order valence-corrected chi connectivity index (χ0v) is 19.1. The Balaban J connectivity index is 1.53. The lowest BCUT2D eigenvalue weighted by Crippen LogP contribution is -2.45. The highest BCUT2D eigenvalue weighted by Gasteiger charge is 2.53. The number of carbonyl (C=O) groups is 4. The molecule has 3 N–H and O–H groups in total. The third-order valence-corrected chi connectivity index (χ3v) is 7.80. The molecular formula is C24H28ClN3O5. The van der Waals surface area contributed by atoms with Crippen LogP contribution in [-0.4, -0.2) is 59.1 Å². The first-order valence-electron chi connectivity index (χ1n) is 11.7. The van der Waals surface area contributed by atoms with Gasteiger partial charge in [0.25, 0.3) is 0 Å². The van der Waals surface area contributed by atoms with E-state index in [1.165, 1.54) is 0 Å². The normalized spacial score (nSPS) is 28.1. The van der Waals surface area contributed by atoms with Crippen LogP contribution in [-0.2, 0) is 19.1 Å². The molecule has 2 aliphatic carbocycles. The summed E-state index contributed by atoms with van der Waals surface area (Å²) >= 11 is 6.43. The monoisotopic (exact) mass is 473 g/mol. The maximum Gasteiger partial charge on any atom is 0.249 e. The van der Waals surface area contributed by atoms with Crippen LogP contribution in [0.15, 0.2) is 18.2 Å². The number of halogens is 1. The Morgan fingerprint density at radius 3 is 2.55 bits per heavy atom. The summed E-state index contributed by atoms with van der Waals surface area (Å²) in [7, 11) is 0. The lowest BCUT2D eigenvalue weighted by atomic mass is 9.81. The lowest BCUT2D eigenvalue weighted by Gasteiger charge is -2.31. The van der Waals surface area contributed by atoms with Crippen LogP contribution in [0.1, 0.15) is 60.4 Å². The molecule has 0 radical (unpaired) electrons. The number of anilines is 1. The van der Waals surface area contributed by atoms with Gasteiger partial charge in [-0.15, -0.1) is 11.6 Å². The maximum absolute atomic E-state index is 14.0. The number of ether oxygens (including phenoxy) is 1. The average molecular weight is 474 g/mol. The van der Waals surface area contributed by atoms with Gasteiger partial charge in [0.15, 0.2) is 5.78 Å². The van der Waals surface area contributed by atoms with Crippen LogP contribution in [0.2, 0.25) is 0 Å². The van der Waals surface area contributed by atoms with E-state index in [0.29, 0.717) is 11.3 Å². The fourth-order valence-electron chi connectivity index (χ4n) is 5.59. The smallest absolute Gasteiger partial charge is 0.249 e. The molecule has 0 spiro atoms. The number of hydrogen-bond donors (Lipinski definition) is 2. The highest BCUT2D eigenvalue weighted by atomic mass is 35.5. The van der Waals surface area contributed by atoms with E-state index >= 15 is 0 Å². The van der Waals surface area contributed by atoms with E-state index in [9.17, 15) is 19.2 Å². The van der Waals surface area contributed by atoms with Crippen LogP contribution in [0.5, 0.6) is 0 Å². The van der Waals surface area contributed by atoms with E-state index in [1.807, 2.05) is 0 Å². The number of nitrogens with one attached hydrogen (secondary N) is 1. The number of carbonyl (C=O) groups excluding carboxylic acids is 4. The molecule has 5 rings (SSSR count). The maximum atomic E-state index is 14.0. The fraction of sp³-hybridized carbons (Fsp3) is 0.583. The lowest BCUT2D eigenvalue weighted by molar-refractivity contribution is -0.138. The van der Waals surface area contributed by atoms with Crippen LogP contribution >= 0.6 is 11.6 Å². The second-order valence-corrected chi connectivity index (χ2v) is 10.2. The molecule has 4 fully saturated rings. The molecule has 2 aliphatic heterocycles. The summed E-state index contributed by atoms with van der Waals surface area (Å²) in [6, 6.07) is 4.24. The van der Waals surface area contributed by atoms with Crippen molar-refractivity contribution >= 4 is 40.8 Å². The standard InChI is InChI=1S/C24H28ClN3O5/c25-17-10-28(20-18(29)11-33-21(17)20)24(32)19(12-3-1-2-4-12)16-9-14(7-8-15(16)22(26)30)27-23(31)13-5-6-13/h7-9,12-13,17,19-21H,1-6,10-11H2,(H2,26,30)(H,27,31)/t17-,19-,20+,21+/m0/s1. The third kappa shape index (κ3) is 4.15. The van der Waals surface area contributed by atoms with Gasteiger partial charge in [-0.3, -0.25) is 19.2 Å². The molecule has 3 amide bonds. The van der Waals surface area contributed by atoms with Gasteiger partial charge < -0.3 is 20.7 Å². The Kier molecular flexibility index (Phi) is 5.91. The van der Waals surface area contributed by atoms with Crippen LogP contribution < -0.4 is 11.1 Å². The van der Waals surface area contributed by atoms with Gasteiger partial charge in [0.2, 0.25) is 17.7 Å². The first-order valence-corrected chi connectivity index (χ1v) is 12.1. The summed E-state index contributed by atoms with van der Waals surface area (Å²) in [5.74, 6) is -1.69. The van der Waals surface area contributed by atoms with Crippen molar-refractivity contribution in [2.75, 3.05) is 18.5 Å². The number of hydrogen-bond acceptors (Lipinski definition) is 5. The number of Topliss-reactive ketones (excluding diaryl/α,β-unsaturated/α-hetero) is 1. The summed E-state index contributed by atoms with van der Waals surface area (Å²) in [5, 5.41) is 2.44. The zero-order chi connectivity index (χ0) is 23.3. The highest BCUT2D eigenvalue weighted by molar-refractivity contribution is 6.22. The molecule has 0 aromatic heterocycles. The molecule has 1 aromatic rings. The van der Waals surface area contributed by atoms with Crippen LogP contribution in [0, 0.1) is 11.8 Å². The van der Waals surface area contributed by atoms with Crippen molar-refractivity contribution < 1.29 is 23.9 Å². The number of benzene rings is 1. The van der Waals surface area contributed by atoms with Crippen molar-refractivity contribution in [3.05, 3.63) is 29.3 Å². The number of likely N-dealkylation sites (tertiary alicyclic amines) is 1. The van der Waals surface area contributed by atoms with E-state index in [1.54, 1.807) is 23.1 Å². The van der Waals surface area contributed by atoms with Crippen molar-refractivity contribution in [3.8, 4) is 0 Å². The minimum atomic E-state index is -0.696. The van der Waals surface area contributed by atoms with Gasteiger partial charge in [0.1, 0.15) is 18.8 Å². The van der Waals surface area contributed by atoms with E-state index in [0.717, 1.165) is 38.5 Å². The Morgan fingerprint density at radius 1 is 1.15 bits per heavy atom. The van der Waals surface area contributed by atoms with E-state index in [2.05, 4.69) is 5.32 Å². The van der Waals surface area contributed by atoms with Gasteiger partial charge in [0.05, 0.1) is 11.3 Å². The number of amides is 3. The van der Waals surface area contributed by atoms with Crippen molar-refractivity contribution in [2.24, 2.45) is 17.6 Å². The van der Waals surface area contributed by atoms with Gasteiger partial charge in [-0.05, 0) is 55.4 Å². The van der Waals surface area contributed by atoms with Crippen LogP contribution in [0.3, 0.4) is 0 Å². The number of rotatable bonds is 6. The molecule has 33 heavy (non-hydrogen) atoms. The van der Waals surface area contributed by atoms with E-state index < -0.39 is 29.3 Å². The van der Waals surface area contributed by atoms with Crippen LogP contribution in [0.4, 0.5) is 5.69 Å². The first kappa shape index (κ1) is 22.3. The Bertz CT molecular complexity index is 1000. The topological polar surface area (TPSA) is 119 Å². The molecular weight excluding hydrogens is 446 g/mol. The van der Waals surface area contributed by atoms with Crippen molar-refractivity contribution in [1.82, 2.24) is 4.90 Å². The Hall–Kier alpha value is -2.45. The van der Waals surface area contributed by atoms with Crippen LogP contribution in [0.25, 0.3) is 0 Å². The molecule has 2 saturated heterocycles. The SMILES string of the molecule is NC(=O)c1ccc(NC(=O)C2CC2)cc1[C@@H](C(=O)N1C[C@H](Cl)[C@H]2OCC(=O)[C@H]21)C1CCCC1. The fourth-order valence-corrected chi connectivity index (χ4v) is 5.95. The zero-order valence-electron chi connectivity index (χ0n) is 18.3. The van der Waals surface area contributed by atoms with Gasteiger partial charge >= 0.3 is 0 Å². The molecule has 4 aliphatic rings. The number of primary amides is 1. The molecule has 9 heteroatoms. The predicted molar refractivity (Wildman–Crippen MR) is 121 cm³/mol. The van der Waals surface area contributed by atoms with Crippen molar-refractivity contribution in [1.29, 1.82) is 0 Å². The number of ketones is 1. The molecule has 2 saturated carbocycles. The van der Waals surface area contributed by atoms with Gasteiger partial charge in [-0.1, -0.05) is 12.8 Å².